The van der Waals surface area contributed by atoms with Gasteiger partial charge in [-0.1, -0.05) is 38.5 Å². The molecule has 3 aromatic rings. The number of aromatic nitrogens is 1. The van der Waals surface area contributed by atoms with Gasteiger partial charge in [0.2, 0.25) is 0 Å². The largest absolute Gasteiger partial charge is 0.484 e. The summed E-state index contributed by atoms with van der Waals surface area (Å²) in [5.74, 6) is 1.63. The van der Waals surface area contributed by atoms with Crippen LogP contribution >= 0.6 is 0 Å². The van der Waals surface area contributed by atoms with E-state index in [0.29, 0.717) is 12.3 Å². The molecule has 4 nitrogen and oxygen atoms in total. The van der Waals surface area contributed by atoms with Crippen molar-refractivity contribution in [2.24, 2.45) is 5.92 Å². The van der Waals surface area contributed by atoms with E-state index >= 15 is 0 Å². The molecule has 0 aliphatic carbocycles. The Bertz CT molecular complexity index is 999. The number of ether oxygens (including phenoxy) is 1. The van der Waals surface area contributed by atoms with Crippen LogP contribution in [0.15, 0.2) is 66.9 Å². The van der Waals surface area contributed by atoms with E-state index in [4.69, 9.17) is 4.74 Å². The fourth-order valence-corrected chi connectivity index (χ4v) is 3.47. The fourth-order valence-electron chi connectivity index (χ4n) is 3.47. The molecule has 0 radical (unpaired) electrons. The summed E-state index contributed by atoms with van der Waals surface area (Å²) >= 11 is 0. The van der Waals surface area contributed by atoms with Crippen molar-refractivity contribution in [1.82, 2.24) is 4.98 Å². The molecule has 0 saturated carbocycles. The van der Waals surface area contributed by atoms with Crippen molar-refractivity contribution in [2.45, 2.75) is 53.1 Å². The zero-order chi connectivity index (χ0) is 22.2. The number of Topliss-reactive ketones (excluding diaryl/α,β-unsaturated/α-hetero) is 1. The van der Waals surface area contributed by atoms with E-state index < -0.39 is 0 Å². The number of nitrogens with zero attached hydrogens (tertiary/aromatic N) is 1. The maximum Gasteiger partial charge on any atom is 0.162 e. The van der Waals surface area contributed by atoms with Gasteiger partial charge >= 0.3 is 0 Å². The average molecular weight is 417 g/mol. The third-order valence-electron chi connectivity index (χ3n) is 5.26. The molecule has 0 aliphatic rings. The van der Waals surface area contributed by atoms with Crippen LogP contribution in [0.4, 0.5) is 11.4 Å². The first-order valence-corrected chi connectivity index (χ1v) is 11.0. The standard InChI is InChI=1S/C27H32N2O2/c1-19(2)9-7-13-27(30)22-10-8-11-23(18-22)29-25-15-14-24(17-20(25)3)31-21(4)26-12-5-6-16-28-26/h5-6,8,10-12,14-19,21,29H,7,9,13H2,1-4H3. The number of aryl methyl sites for hydroxylation is 1. The minimum atomic E-state index is -0.127. The summed E-state index contributed by atoms with van der Waals surface area (Å²) in [6.07, 6.45) is 4.26. The molecule has 0 saturated heterocycles. The number of carbonyl (C=O) groups excluding carboxylic acids is 1. The van der Waals surface area contributed by atoms with Crippen LogP contribution in [0, 0.1) is 12.8 Å². The number of anilines is 2. The summed E-state index contributed by atoms with van der Waals surface area (Å²) in [5, 5.41) is 3.43. The van der Waals surface area contributed by atoms with Crippen molar-refractivity contribution < 1.29 is 9.53 Å². The third-order valence-corrected chi connectivity index (χ3v) is 5.26. The molecule has 0 aliphatic heterocycles. The number of benzene rings is 2. The lowest BCUT2D eigenvalue weighted by atomic mass is 10.0. The average Bonchev–Trinajstić information content (AvgIpc) is 2.76. The highest BCUT2D eigenvalue weighted by molar-refractivity contribution is 5.97. The van der Waals surface area contributed by atoms with Crippen LogP contribution in [-0.4, -0.2) is 10.8 Å². The first-order chi connectivity index (χ1) is 14.9. The van der Waals surface area contributed by atoms with Gasteiger partial charge in [0.15, 0.2) is 5.78 Å². The lowest BCUT2D eigenvalue weighted by Gasteiger charge is -2.16. The van der Waals surface area contributed by atoms with Gasteiger partial charge < -0.3 is 10.1 Å². The van der Waals surface area contributed by atoms with Crippen molar-refractivity contribution in [3.05, 3.63) is 83.7 Å². The quantitative estimate of drug-likeness (QED) is 0.353. The number of nitrogens with one attached hydrogen (secondary N) is 1. The van der Waals surface area contributed by atoms with E-state index in [1.165, 1.54) is 0 Å². The zero-order valence-corrected chi connectivity index (χ0v) is 18.9. The van der Waals surface area contributed by atoms with E-state index in [1.807, 2.05) is 74.5 Å². The second-order valence-corrected chi connectivity index (χ2v) is 8.41. The van der Waals surface area contributed by atoms with Gasteiger partial charge in [-0.25, -0.2) is 0 Å². The molecule has 0 amide bonds. The van der Waals surface area contributed by atoms with Gasteiger partial charge in [-0.3, -0.25) is 9.78 Å². The molecule has 1 unspecified atom stereocenters. The van der Waals surface area contributed by atoms with Gasteiger partial charge in [0, 0.05) is 29.6 Å². The van der Waals surface area contributed by atoms with Gasteiger partial charge in [-0.2, -0.15) is 0 Å². The Kier molecular flexibility index (Phi) is 7.82. The minimum Gasteiger partial charge on any atom is -0.484 e. The van der Waals surface area contributed by atoms with Crippen LogP contribution in [0.1, 0.15) is 67.8 Å². The maximum atomic E-state index is 12.5. The molecule has 162 valence electrons. The molecule has 0 fully saturated rings. The molecule has 1 heterocycles. The molecule has 3 rings (SSSR count). The Morgan fingerprint density at radius 1 is 1.03 bits per heavy atom. The summed E-state index contributed by atoms with van der Waals surface area (Å²) < 4.78 is 6.06. The van der Waals surface area contributed by atoms with Crippen molar-refractivity contribution >= 4 is 17.2 Å². The Labute approximate surface area is 185 Å². The molecule has 4 heteroatoms. The first kappa shape index (κ1) is 22.5. The van der Waals surface area contributed by atoms with Crippen LogP contribution < -0.4 is 10.1 Å². The zero-order valence-electron chi connectivity index (χ0n) is 18.9. The predicted octanol–water partition coefficient (Wildman–Crippen LogP) is 7.28. The molecular formula is C27H32N2O2. The lowest BCUT2D eigenvalue weighted by Crippen LogP contribution is -2.05. The van der Waals surface area contributed by atoms with Gasteiger partial charge in [0.1, 0.15) is 11.9 Å². The normalized spacial score (nSPS) is 11.9. The fraction of sp³-hybridized carbons (Fsp3) is 0.333. The highest BCUT2D eigenvalue weighted by Crippen LogP contribution is 2.28. The number of ketones is 1. The van der Waals surface area contributed by atoms with Crippen LogP contribution in [-0.2, 0) is 0 Å². The SMILES string of the molecule is Cc1cc(OC(C)c2ccccn2)ccc1Nc1cccc(C(=O)CCCC(C)C)c1. The summed E-state index contributed by atoms with van der Waals surface area (Å²) in [6.45, 7) is 8.41. The molecule has 1 aromatic heterocycles. The first-order valence-electron chi connectivity index (χ1n) is 11.0. The Balaban J connectivity index is 1.64. The minimum absolute atomic E-state index is 0.127. The van der Waals surface area contributed by atoms with Crippen LogP contribution in [0.3, 0.4) is 0 Å². The van der Waals surface area contributed by atoms with E-state index in [-0.39, 0.29) is 11.9 Å². The van der Waals surface area contributed by atoms with Crippen molar-refractivity contribution in [3.8, 4) is 5.75 Å². The topological polar surface area (TPSA) is 51.2 Å². The molecule has 31 heavy (non-hydrogen) atoms. The highest BCUT2D eigenvalue weighted by Gasteiger charge is 2.11. The summed E-state index contributed by atoms with van der Waals surface area (Å²) in [6, 6.07) is 19.5. The number of carbonyl (C=O) groups is 1. The Morgan fingerprint density at radius 2 is 1.87 bits per heavy atom. The molecule has 1 atom stereocenters. The highest BCUT2D eigenvalue weighted by atomic mass is 16.5. The summed E-state index contributed by atoms with van der Waals surface area (Å²) in [4.78, 5) is 16.9. The van der Waals surface area contributed by atoms with E-state index in [9.17, 15) is 4.79 Å². The van der Waals surface area contributed by atoms with E-state index in [2.05, 4.69) is 24.1 Å². The number of hydrogen-bond acceptors (Lipinski definition) is 4. The summed E-state index contributed by atoms with van der Waals surface area (Å²) in [7, 11) is 0. The van der Waals surface area contributed by atoms with E-state index in [0.717, 1.165) is 46.8 Å². The molecule has 2 aromatic carbocycles. The lowest BCUT2D eigenvalue weighted by molar-refractivity contribution is 0.0978. The Hall–Kier alpha value is -3.14. The van der Waals surface area contributed by atoms with Crippen LogP contribution in [0.25, 0.3) is 0 Å². The van der Waals surface area contributed by atoms with Gasteiger partial charge in [0.05, 0.1) is 5.69 Å². The Morgan fingerprint density at radius 3 is 2.58 bits per heavy atom. The van der Waals surface area contributed by atoms with Crippen molar-refractivity contribution in [1.29, 1.82) is 0 Å². The number of pyridine rings is 1. The van der Waals surface area contributed by atoms with Gasteiger partial charge in [-0.15, -0.1) is 0 Å². The van der Waals surface area contributed by atoms with Crippen LogP contribution in [0.5, 0.6) is 5.75 Å². The van der Waals surface area contributed by atoms with Crippen molar-refractivity contribution in [2.75, 3.05) is 5.32 Å². The molecule has 0 spiro atoms. The smallest absolute Gasteiger partial charge is 0.162 e. The molecular weight excluding hydrogens is 384 g/mol. The van der Waals surface area contributed by atoms with Gasteiger partial charge in [0.25, 0.3) is 0 Å². The second kappa shape index (κ2) is 10.8. The number of hydrogen-bond donors (Lipinski definition) is 1. The van der Waals surface area contributed by atoms with Gasteiger partial charge in [-0.05, 0) is 74.2 Å². The van der Waals surface area contributed by atoms with Crippen LogP contribution in [0.2, 0.25) is 0 Å². The third kappa shape index (κ3) is 6.68. The monoisotopic (exact) mass is 416 g/mol. The molecule has 0 bridgehead atoms. The predicted molar refractivity (Wildman–Crippen MR) is 127 cm³/mol. The number of rotatable bonds is 10. The summed E-state index contributed by atoms with van der Waals surface area (Å²) in [5.41, 5.74) is 4.63. The molecule has 1 N–H and O–H groups in total. The maximum absolute atomic E-state index is 12.5. The second-order valence-electron chi connectivity index (χ2n) is 8.41. The van der Waals surface area contributed by atoms with Crippen molar-refractivity contribution in [3.63, 3.8) is 0 Å². The van der Waals surface area contributed by atoms with E-state index in [1.54, 1.807) is 6.20 Å².